The topological polar surface area (TPSA) is 9.23 Å². The van der Waals surface area contributed by atoms with Crippen LogP contribution in [0.25, 0.3) is 0 Å². The summed E-state index contributed by atoms with van der Waals surface area (Å²) in [7, 11) is 2.44. The molecule has 2 aromatic carbocycles. The van der Waals surface area contributed by atoms with Gasteiger partial charge in [0.25, 0.3) is 0 Å². The second-order valence-electron chi connectivity index (χ2n) is 5.50. The van der Waals surface area contributed by atoms with Crippen molar-refractivity contribution in [3.63, 3.8) is 0 Å². The van der Waals surface area contributed by atoms with Crippen LogP contribution in [0.15, 0.2) is 24.3 Å². The highest BCUT2D eigenvalue weighted by Gasteiger charge is 2.07. The minimum Gasteiger partial charge on any atom is -0.496 e. The SMILES string of the molecule is COc1c(C)cc(Pc2cc(C)c(C)c(C)c2)cc1C. The largest absolute Gasteiger partial charge is 0.496 e. The lowest BCUT2D eigenvalue weighted by Crippen LogP contribution is -2.08. The molecule has 0 fully saturated rings. The highest BCUT2D eigenvalue weighted by Crippen LogP contribution is 2.25. The summed E-state index contributed by atoms with van der Waals surface area (Å²) in [6.07, 6.45) is 0. The molecule has 0 saturated heterocycles. The lowest BCUT2D eigenvalue weighted by Gasteiger charge is -2.13. The van der Waals surface area contributed by atoms with Gasteiger partial charge in [-0.1, -0.05) is 20.7 Å². The van der Waals surface area contributed by atoms with Crippen molar-refractivity contribution in [1.82, 2.24) is 0 Å². The summed E-state index contributed by atoms with van der Waals surface area (Å²) in [5, 5.41) is 2.79. The summed E-state index contributed by atoms with van der Waals surface area (Å²) in [6.45, 7) is 10.8. The quantitative estimate of drug-likeness (QED) is 0.778. The molecular weight excluding hydrogens is 263 g/mol. The van der Waals surface area contributed by atoms with Gasteiger partial charge in [-0.25, -0.2) is 0 Å². The maximum absolute atomic E-state index is 5.44. The van der Waals surface area contributed by atoms with Crippen LogP contribution in [0.2, 0.25) is 0 Å². The highest BCUT2D eigenvalue weighted by atomic mass is 31.1. The molecule has 1 nitrogen and oxygen atoms in total. The molecule has 0 aliphatic carbocycles. The molecule has 1 atom stereocenters. The lowest BCUT2D eigenvalue weighted by atomic mass is 10.1. The first-order valence-electron chi connectivity index (χ1n) is 6.92. The maximum Gasteiger partial charge on any atom is 0.124 e. The van der Waals surface area contributed by atoms with Crippen molar-refractivity contribution in [1.29, 1.82) is 0 Å². The second kappa shape index (κ2) is 5.97. The van der Waals surface area contributed by atoms with E-state index in [0.717, 1.165) is 5.75 Å². The molecule has 2 heteroatoms. The van der Waals surface area contributed by atoms with Crippen LogP contribution < -0.4 is 15.3 Å². The summed E-state index contributed by atoms with van der Waals surface area (Å²) in [4.78, 5) is 0. The summed E-state index contributed by atoms with van der Waals surface area (Å²) in [5.74, 6) is 1.01. The zero-order chi connectivity index (χ0) is 14.9. The Bertz CT molecular complexity index is 598. The van der Waals surface area contributed by atoms with Crippen LogP contribution in [-0.4, -0.2) is 7.11 Å². The molecule has 20 heavy (non-hydrogen) atoms. The van der Waals surface area contributed by atoms with Crippen LogP contribution in [0.1, 0.15) is 27.8 Å². The molecule has 0 aliphatic rings. The van der Waals surface area contributed by atoms with E-state index < -0.39 is 0 Å². The van der Waals surface area contributed by atoms with Gasteiger partial charge in [0, 0.05) is 0 Å². The molecule has 2 aromatic rings. The van der Waals surface area contributed by atoms with Crippen molar-refractivity contribution in [2.75, 3.05) is 7.11 Å². The molecule has 1 unspecified atom stereocenters. The third kappa shape index (κ3) is 3.04. The molecule has 0 spiro atoms. The van der Waals surface area contributed by atoms with Crippen molar-refractivity contribution < 1.29 is 4.74 Å². The van der Waals surface area contributed by atoms with E-state index in [9.17, 15) is 0 Å². The van der Waals surface area contributed by atoms with Crippen molar-refractivity contribution in [2.45, 2.75) is 34.6 Å². The fourth-order valence-corrected chi connectivity index (χ4v) is 4.11. The van der Waals surface area contributed by atoms with Crippen molar-refractivity contribution in [3.05, 3.63) is 52.1 Å². The number of rotatable bonds is 3. The average molecular weight is 286 g/mol. The van der Waals surface area contributed by atoms with E-state index in [1.54, 1.807) is 7.11 Å². The fourth-order valence-electron chi connectivity index (χ4n) is 2.62. The van der Waals surface area contributed by atoms with E-state index >= 15 is 0 Å². The summed E-state index contributed by atoms with van der Waals surface area (Å²) in [6, 6.07) is 9.12. The minimum atomic E-state index is 0.701. The first-order chi connectivity index (χ1) is 9.42. The van der Waals surface area contributed by atoms with Gasteiger partial charge in [-0.15, -0.1) is 0 Å². The fraction of sp³-hybridized carbons (Fsp3) is 0.333. The highest BCUT2D eigenvalue weighted by molar-refractivity contribution is 7.55. The first kappa shape index (κ1) is 15.1. The van der Waals surface area contributed by atoms with Gasteiger partial charge < -0.3 is 4.74 Å². The van der Waals surface area contributed by atoms with E-state index in [1.807, 2.05) is 0 Å². The van der Waals surface area contributed by atoms with Crippen LogP contribution >= 0.6 is 8.58 Å². The van der Waals surface area contributed by atoms with Crippen molar-refractivity contribution in [2.24, 2.45) is 0 Å². The summed E-state index contributed by atoms with van der Waals surface area (Å²) >= 11 is 0. The molecule has 0 heterocycles. The Morgan fingerprint density at radius 3 is 1.50 bits per heavy atom. The number of methoxy groups -OCH3 is 1. The monoisotopic (exact) mass is 286 g/mol. The van der Waals surface area contributed by atoms with Crippen LogP contribution in [0, 0.1) is 34.6 Å². The Hall–Kier alpha value is -1.33. The van der Waals surface area contributed by atoms with E-state index in [-0.39, 0.29) is 0 Å². The van der Waals surface area contributed by atoms with Crippen LogP contribution in [-0.2, 0) is 0 Å². The molecule has 0 amide bonds. The van der Waals surface area contributed by atoms with Gasteiger partial charge >= 0.3 is 0 Å². The number of benzene rings is 2. The van der Waals surface area contributed by atoms with Crippen LogP contribution in [0.4, 0.5) is 0 Å². The first-order valence-corrected chi connectivity index (χ1v) is 7.92. The predicted octanol–water partition coefficient (Wildman–Crippen LogP) is 3.87. The van der Waals surface area contributed by atoms with Crippen molar-refractivity contribution in [3.8, 4) is 5.75 Å². The van der Waals surface area contributed by atoms with Gasteiger partial charge in [-0.3, -0.25) is 0 Å². The molecule has 0 radical (unpaired) electrons. The Labute approximate surface area is 124 Å². The average Bonchev–Trinajstić information content (AvgIpc) is 2.35. The van der Waals surface area contributed by atoms with Gasteiger partial charge in [-0.05, 0) is 85.2 Å². The maximum atomic E-state index is 5.44. The molecule has 106 valence electrons. The summed E-state index contributed by atoms with van der Waals surface area (Å²) in [5.41, 5.74) is 6.61. The normalized spacial score (nSPS) is 11.3. The molecule has 0 aliphatic heterocycles. The third-order valence-electron chi connectivity index (χ3n) is 3.88. The zero-order valence-corrected chi connectivity index (χ0v) is 14.2. The zero-order valence-electron chi connectivity index (χ0n) is 13.2. The van der Waals surface area contributed by atoms with Gasteiger partial charge in [-0.2, -0.15) is 0 Å². The number of aryl methyl sites for hydroxylation is 4. The molecule has 0 saturated carbocycles. The molecular formula is C18H23OP. The Morgan fingerprint density at radius 2 is 1.10 bits per heavy atom. The predicted molar refractivity (Wildman–Crippen MR) is 90.7 cm³/mol. The van der Waals surface area contributed by atoms with E-state index in [0.29, 0.717) is 8.58 Å². The van der Waals surface area contributed by atoms with Gasteiger partial charge in [0.2, 0.25) is 0 Å². The van der Waals surface area contributed by atoms with Crippen LogP contribution in [0.5, 0.6) is 5.75 Å². The van der Waals surface area contributed by atoms with Crippen LogP contribution in [0.3, 0.4) is 0 Å². The standard InChI is InChI=1S/C18H23OP/c1-11-7-16(8-12(2)15(11)5)20-17-9-13(3)18(19-6)14(4)10-17/h7-10,20H,1-6H3. The molecule has 2 rings (SSSR count). The van der Waals surface area contributed by atoms with Crippen molar-refractivity contribution >= 4 is 19.2 Å². The number of hydrogen-bond acceptors (Lipinski definition) is 1. The Kier molecular flexibility index (Phi) is 4.50. The van der Waals surface area contributed by atoms with E-state index in [2.05, 4.69) is 58.9 Å². The third-order valence-corrected chi connectivity index (χ3v) is 5.03. The van der Waals surface area contributed by atoms with Gasteiger partial charge in [0.15, 0.2) is 0 Å². The van der Waals surface area contributed by atoms with Gasteiger partial charge in [0.1, 0.15) is 5.75 Å². The Morgan fingerprint density at radius 1 is 0.700 bits per heavy atom. The molecule has 0 N–H and O–H groups in total. The van der Waals surface area contributed by atoms with E-state index in [1.165, 1.54) is 38.4 Å². The number of ether oxygens (including phenoxy) is 1. The Balaban J connectivity index is 2.35. The lowest BCUT2D eigenvalue weighted by molar-refractivity contribution is 0.409. The molecule has 0 bridgehead atoms. The smallest absolute Gasteiger partial charge is 0.124 e. The minimum absolute atomic E-state index is 0.701. The molecule has 0 aromatic heterocycles. The number of hydrogen-bond donors (Lipinski definition) is 0. The van der Waals surface area contributed by atoms with E-state index in [4.69, 9.17) is 4.74 Å². The van der Waals surface area contributed by atoms with Gasteiger partial charge in [0.05, 0.1) is 7.11 Å². The summed E-state index contributed by atoms with van der Waals surface area (Å²) < 4.78 is 5.44. The second-order valence-corrected chi connectivity index (χ2v) is 6.91.